The van der Waals surface area contributed by atoms with Gasteiger partial charge in [0.05, 0.1) is 12.8 Å². The Morgan fingerprint density at radius 3 is 2.62 bits per heavy atom. The Labute approximate surface area is 135 Å². The summed E-state index contributed by atoms with van der Waals surface area (Å²) in [5.74, 6) is 1.39. The number of aryl methyl sites for hydroxylation is 1. The Morgan fingerprint density at radius 2 is 2.10 bits per heavy atom. The number of halogens is 1. The van der Waals surface area contributed by atoms with E-state index in [9.17, 15) is 4.79 Å². The van der Waals surface area contributed by atoms with Crippen LogP contribution >= 0.6 is 15.9 Å². The lowest BCUT2D eigenvalue weighted by Crippen LogP contribution is -2.24. The van der Waals surface area contributed by atoms with Crippen LogP contribution in [0, 0.1) is 18.8 Å². The first kappa shape index (κ1) is 18.0. The van der Waals surface area contributed by atoms with Crippen molar-refractivity contribution < 1.29 is 9.53 Å². The zero-order valence-corrected chi connectivity index (χ0v) is 14.8. The Morgan fingerprint density at radius 1 is 1.43 bits per heavy atom. The summed E-state index contributed by atoms with van der Waals surface area (Å²) >= 11 is 3.42. The number of benzene rings is 1. The number of anilines is 1. The van der Waals surface area contributed by atoms with E-state index in [4.69, 9.17) is 10.5 Å². The summed E-state index contributed by atoms with van der Waals surface area (Å²) in [4.78, 5) is 12.2. The number of ether oxygens (including phenoxy) is 1. The van der Waals surface area contributed by atoms with E-state index in [0.717, 1.165) is 22.1 Å². The summed E-state index contributed by atoms with van der Waals surface area (Å²) in [6.45, 7) is 6.75. The van der Waals surface area contributed by atoms with Crippen molar-refractivity contribution in [2.24, 2.45) is 17.6 Å². The maximum Gasteiger partial charge on any atom is 0.224 e. The molecule has 0 saturated heterocycles. The van der Waals surface area contributed by atoms with E-state index in [0.29, 0.717) is 24.6 Å². The van der Waals surface area contributed by atoms with Crippen LogP contribution in [-0.2, 0) is 4.79 Å². The van der Waals surface area contributed by atoms with Crippen molar-refractivity contribution in [1.82, 2.24) is 0 Å². The van der Waals surface area contributed by atoms with Crippen molar-refractivity contribution in [3.63, 3.8) is 0 Å². The molecule has 0 aliphatic carbocycles. The molecule has 4 nitrogen and oxygen atoms in total. The first-order valence-corrected chi connectivity index (χ1v) is 8.00. The molecule has 0 fully saturated rings. The van der Waals surface area contributed by atoms with Gasteiger partial charge in [-0.15, -0.1) is 0 Å². The van der Waals surface area contributed by atoms with Gasteiger partial charge >= 0.3 is 0 Å². The second-order valence-electron chi connectivity index (χ2n) is 5.78. The maximum atomic E-state index is 12.2. The average molecular weight is 357 g/mol. The van der Waals surface area contributed by atoms with Crippen LogP contribution < -0.4 is 15.8 Å². The van der Waals surface area contributed by atoms with Gasteiger partial charge in [0.2, 0.25) is 5.91 Å². The monoisotopic (exact) mass is 356 g/mol. The molecule has 0 saturated carbocycles. The van der Waals surface area contributed by atoms with E-state index in [2.05, 4.69) is 35.1 Å². The van der Waals surface area contributed by atoms with Gasteiger partial charge in [0, 0.05) is 10.9 Å². The third-order valence-electron chi connectivity index (χ3n) is 3.36. The molecule has 1 aromatic carbocycles. The van der Waals surface area contributed by atoms with Gasteiger partial charge in [0.1, 0.15) is 5.75 Å². The van der Waals surface area contributed by atoms with E-state index < -0.39 is 0 Å². The lowest BCUT2D eigenvalue weighted by molar-refractivity contribution is -0.117. The molecule has 0 aliphatic rings. The number of hydrogen-bond donors (Lipinski definition) is 2. The molecule has 21 heavy (non-hydrogen) atoms. The number of rotatable bonds is 7. The van der Waals surface area contributed by atoms with Crippen LogP contribution in [0.25, 0.3) is 0 Å². The predicted molar refractivity (Wildman–Crippen MR) is 90.7 cm³/mol. The van der Waals surface area contributed by atoms with E-state index in [1.165, 1.54) is 0 Å². The summed E-state index contributed by atoms with van der Waals surface area (Å²) in [6.07, 6.45) is 1.40. The van der Waals surface area contributed by atoms with Crippen LogP contribution in [0.15, 0.2) is 16.6 Å². The average Bonchev–Trinajstić information content (AvgIpc) is 2.40. The molecule has 0 heterocycles. The number of nitrogens with one attached hydrogen (secondary N) is 1. The number of carbonyl (C=O) groups is 1. The van der Waals surface area contributed by atoms with Gasteiger partial charge in [-0.3, -0.25) is 4.79 Å². The molecule has 1 atom stereocenters. The fourth-order valence-electron chi connectivity index (χ4n) is 2.42. The Kier molecular flexibility index (Phi) is 7.18. The van der Waals surface area contributed by atoms with Crippen LogP contribution in [0.1, 0.15) is 32.3 Å². The van der Waals surface area contributed by atoms with Crippen LogP contribution in [-0.4, -0.2) is 19.6 Å². The quantitative estimate of drug-likeness (QED) is 0.782. The minimum absolute atomic E-state index is 0.0187. The topological polar surface area (TPSA) is 64.3 Å². The fraction of sp³-hybridized carbons (Fsp3) is 0.562. The highest BCUT2D eigenvalue weighted by atomic mass is 79.9. The molecular weight excluding hydrogens is 332 g/mol. The fourth-order valence-corrected chi connectivity index (χ4v) is 2.97. The van der Waals surface area contributed by atoms with E-state index in [-0.39, 0.29) is 11.8 Å². The maximum absolute atomic E-state index is 12.2. The number of methoxy groups -OCH3 is 1. The Balaban J connectivity index is 2.79. The van der Waals surface area contributed by atoms with Crippen LogP contribution in [0.2, 0.25) is 0 Å². The number of hydrogen-bond acceptors (Lipinski definition) is 3. The standard InChI is InChI=1S/C16H25BrN2O2/c1-10(2)5-12(9-18)7-15(20)19-16-11(3)6-13(17)8-14(16)21-4/h6,8,10,12H,5,7,9,18H2,1-4H3,(H,19,20)/t12-/m0/s1. The van der Waals surface area contributed by atoms with Gasteiger partial charge in [-0.1, -0.05) is 29.8 Å². The molecule has 1 rings (SSSR count). The molecule has 0 unspecified atom stereocenters. The van der Waals surface area contributed by atoms with Gasteiger partial charge in [0.25, 0.3) is 0 Å². The molecule has 1 aromatic rings. The molecule has 0 aromatic heterocycles. The highest BCUT2D eigenvalue weighted by Gasteiger charge is 2.16. The van der Waals surface area contributed by atoms with E-state index in [1.54, 1.807) is 7.11 Å². The molecule has 0 bridgehead atoms. The van der Waals surface area contributed by atoms with Crippen LogP contribution in [0.5, 0.6) is 5.75 Å². The van der Waals surface area contributed by atoms with Gasteiger partial charge in [-0.2, -0.15) is 0 Å². The normalized spacial score (nSPS) is 12.3. The van der Waals surface area contributed by atoms with Crippen molar-refractivity contribution in [2.75, 3.05) is 19.0 Å². The second-order valence-corrected chi connectivity index (χ2v) is 6.70. The molecule has 0 aliphatic heterocycles. The summed E-state index contributed by atoms with van der Waals surface area (Å²) in [5.41, 5.74) is 7.45. The highest BCUT2D eigenvalue weighted by Crippen LogP contribution is 2.32. The summed E-state index contributed by atoms with van der Waals surface area (Å²) < 4.78 is 6.26. The van der Waals surface area contributed by atoms with Crippen LogP contribution in [0.4, 0.5) is 5.69 Å². The summed E-state index contributed by atoms with van der Waals surface area (Å²) in [6, 6.07) is 3.80. The minimum Gasteiger partial charge on any atom is -0.495 e. The highest BCUT2D eigenvalue weighted by molar-refractivity contribution is 9.10. The number of carbonyl (C=O) groups excluding carboxylic acids is 1. The SMILES string of the molecule is COc1cc(Br)cc(C)c1NC(=O)C[C@@H](CN)CC(C)C. The Bertz CT molecular complexity index is 489. The van der Waals surface area contributed by atoms with Crippen molar-refractivity contribution in [1.29, 1.82) is 0 Å². The van der Waals surface area contributed by atoms with Crippen molar-refractivity contribution in [3.05, 3.63) is 22.2 Å². The van der Waals surface area contributed by atoms with E-state index >= 15 is 0 Å². The predicted octanol–water partition coefficient (Wildman–Crippen LogP) is 3.72. The minimum atomic E-state index is -0.0187. The van der Waals surface area contributed by atoms with Crippen molar-refractivity contribution in [2.45, 2.75) is 33.6 Å². The first-order chi connectivity index (χ1) is 9.87. The van der Waals surface area contributed by atoms with Gasteiger partial charge < -0.3 is 15.8 Å². The third-order valence-corrected chi connectivity index (χ3v) is 3.82. The van der Waals surface area contributed by atoms with Crippen molar-refractivity contribution >= 4 is 27.5 Å². The van der Waals surface area contributed by atoms with E-state index in [1.807, 2.05) is 19.1 Å². The van der Waals surface area contributed by atoms with Gasteiger partial charge in [-0.25, -0.2) is 0 Å². The lowest BCUT2D eigenvalue weighted by Gasteiger charge is -2.18. The smallest absolute Gasteiger partial charge is 0.224 e. The second kappa shape index (κ2) is 8.39. The molecule has 3 N–H and O–H groups in total. The number of amides is 1. The first-order valence-electron chi connectivity index (χ1n) is 7.21. The molecule has 5 heteroatoms. The zero-order valence-electron chi connectivity index (χ0n) is 13.2. The summed E-state index contributed by atoms with van der Waals surface area (Å²) in [5, 5.41) is 2.95. The van der Waals surface area contributed by atoms with Crippen molar-refractivity contribution in [3.8, 4) is 5.75 Å². The van der Waals surface area contributed by atoms with Gasteiger partial charge in [-0.05, 0) is 49.4 Å². The molecule has 1 amide bonds. The third kappa shape index (κ3) is 5.67. The molecular formula is C16H25BrN2O2. The molecule has 118 valence electrons. The van der Waals surface area contributed by atoms with Crippen LogP contribution in [0.3, 0.4) is 0 Å². The zero-order chi connectivity index (χ0) is 16.0. The Hall–Kier alpha value is -1.07. The number of nitrogens with two attached hydrogens (primary N) is 1. The van der Waals surface area contributed by atoms with Gasteiger partial charge in [0.15, 0.2) is 0 Å². The molecule has 0 spiro atoms. The largest absolute Gasteiger partial charge is 0.495 e. The molecule has 0 radical (unpaired) electrons. The summed E-state index contributed by atoms with van der Waals surface area (Å²) in [7, 11) is 1.60. The lowest BCUT2D eigenvalue weighted by atomic mass is 9.94.